The number of aromatic amines is 2. The minimum atomic E-state index is 0.204. The van der Waals surface area contributed by atoms with E-state index in [2.05, 4.69) is 36.1 Å². The first-order chi connectivity index (χ1) is 7.89. The Morgan fingerprint density at radius 1 is 1.06 bits per heavy atom. The van der Waals surface area contributed by atoms with E-state index in [9.17, 15) is 4.79 Å². The van der Waals surface area contributed by atoms with E-state index in [1.165, 1.54) is 0 Å². The Hall–Kier alpha value is -2.25. The average molecular weight is 223 g/mol. The molecule has 8 heteroatoms. The molecule has 3 rings (SSSR count). The molecular weight excluding hydrogens is 210 g/mol. The van der Waals surface area contributed by atoms with Gasteiger partial charge in [-0.25, -0.2) is 0 Å². The van der Waals surface area contributed by atoms with Gasteiger partial charge in [0.2, 0.25) is 5.91 Å². The molecule has 0 radical (unpaired) electrons. The van der Waals surface area contributed by atoms with Gasteiger partial charge < -0.3 is 5.32 Å². The van der Waals surface area contributed by atoms with Crippen molar-refractivity contribution in [1.82, 2.24) is 36.1 Å². The molecule has 0 atom stereocenters. The molecule has 3 heterocycles. The Labute approximate surface area is 91.8 Å². The third kappa shape index (κ3) is 6.24. The second-order valence-electron chi connectivity index (χ2n) is 2.77. The first-order valence-corrected chi connectivity index (χ1v) is 4.77. The van der Waals surface area contributed by atoms with Crippen molar-refractivity contribution in [3.05, 3.63) is 24.8 Å². The van der Waals surface area contributed by atoms with Crippen LogP contribution in [-0.2, 0) is 4.79 Å². The zero-order valence-electron chi connectivity index (χ0n) is 8.63. The van der Waals surface area contributed by atoms with Crippen molar-refractivity contribution in [2.24, 2.45) is 0 Å². The Morgan fingerprint density at radius 2 is 1.69 bits per heavy atom. The summed E-state index contributed by atoms with van der Waals surface area (Å²) in [6.07, 6.45) is 8.23. The molecule has 0 bridgehead atoms. The number of rotatable bonds is 0. The molecule has 0 aliphatic carbocycles. The van der Waals surface area contributed by atoms with Gasteiger partial charge in [0.25, 0.3) is 0 Å². The lowest BCUT2D eigenvalue weighted by Gasteiger charge is -1.80. The summed E-state index contributed by atoms with van der Waals surface area (Å²) in [5.74, 6) is 0.204. The lowest BCUT2D eigenvalue weighted by Crippen LogP contribution is -2.12. The van der Waals surface area contributed by atoms with E-state index in [4.69, 9.17) is 0 Å². The number of hydrogen-bond donors (Lipinski definition) is 3. The van der Waals surface area contributed by atoms with E-state index in [1.54, 1.807) is 24.8 Å². The van der Waals surface area contributed by atoms with Gasteiger partial charge in [0, 0.05) is 25.4 Å². The SMILES string of the molecule is O=C1CCCN1.c1c[nH]nn1.c1c[nH]nn1. The van der Waals surface area contributed by atoms with Crippen molar-refractivity contribution in [2.45, 2.75) is 12.8 Å². The number of amides is 1. The average Bonchev–Trinajstić information content (AvgIpc) is 3.07. The lowest BCUT2D eigenvalue weighted by atomic mass is 10.4. The monoisotopic (exact) mass is 223 g/mol. The van der Waals surface area contributed by atoms with Crippen molar-refractivity contribution < 1.29 is 4.79 Å². The standard InChI is InChI=1S/C4H7NO.2C2H3N3/c6-4-2-1-3-5-4;2*1-2-4-5-3-1/h1-3H2,(H,5,6);2*1-2H,(H,3,4,5). The number of carbonyl (C=O) groups is 1. The first kappa shape index (κ1) is 11.8. The number of hydrogen-bond acceptors (Lipinski definition) is 5. The molecule has 3 N–H and O–H groups in total. The largest absolute Gasteiger partial charge is 0.356 e. The fourth-order valence-electron chi connectivity index (χ4n) is 0.898. The highest BCUT2D eigenvalue weighted by Gasteiger charge is 2.05. The minimum absolute atomic E-state index is 0.204. The molecule has 0 spiro atoms. The van der Waals surface area contributed by atoms with Crippen molar-refractivity contribution in [1.29, 1.82) is 0 Å². The van der Waals surface area contributed by atoms with Gasteiger partial charge in [-0.05, 0) is 6.42 Å². The van der Waals surface area contributed by atoms with Gasteiger partial charge in [-0.2, -0.15) is 0 Å². The van der Waals surface area contributed by atoms with Gasteiger partial charge in [-0.1, -0.05) is 10.4 Å². The highest BCUT2D eigenvalue weighted by molar-refractivity contribution is 5.77. The molecular formula is C8H13N7O. The Kier molecular flexibility index (Phi) is 5.98. The maximum Gasteiger partial charge on any atom is 0.220 e. The molecule has 8 nitrogen and oxygen atoms in total. The number of nitrogens with one attached hydrogen (secondary N) is 3. The van der Waals surface area contributed by atoms with Crippen LogP contribution in [-0.4, -0.2) is 43.3 Å². The molecule has 1 fully saturated rings. The van der Waals surface area contributed by atoms with Crippen LogP contribution in [0.1, 0.15) is 12.8 Å². The molecule has 16 heavy (non-hydrogen) atoms. The van der Waals surface area contributed by atoms with Gasteiger partial charge in [0.15, 0.2) is 0 Å². The quantitative estimate of drug-likeness (QED) is 0.557. The molecule has 1 saturated heterocycles. The maximum atomic E-state index is 10.1. The molecule has 0 aromatic carbocycles. The highest BCUT2D eigenvalue weighted by atomic mass is 16.1. The van der Waals surface area contributed by atoms with Crippen LogP contribution in [0.3, 0.4) is 0 Å². The van der Waals surface area contributed by atoms with Crippen molar-refractivity contribution >= 4 is 5.91 Å². The zero-order valence-corrected chi connectivity index (χ0v) is 8.63. The number of H-pyrrole nitrogens is 2. The summed E-state index contributed by atoms with van der Waals surface area (Å²) in [4.78, 5) is 10.1. The Bertz CT molecular complexity index is 276. The maximum absolute atomic E-state index is 10.1. The molecule has 0 unspecified atom stereocenters. The topological polar surface area (TPSA) is 112 Å². The van der Waals surface area contributed by atoms with E-state index < -0.39 is 0 Å². The molecule has 1 aliphatic heterocycles. The fourth-order valence-corrected chi connectivity index (χ4v) is 0.898. The van der Waals surface area contributed by atoms with Crippen molar-refractivity contribution in [3.8, 4) is 0 Å². The van der Waals surface area contributed by atoms with Gasteiger partial charge in [-0.3, -0.25) is 15.0 Å². The van der Waals surface area contributed by atoms with Crippen LogP contribution in [0.15, 0.2) is 24.8 Å². The third-order valence-corrected chi connectivity index (χ3v) is 1.57. The van der Waals surface area contributed by atoms with Crippen molar-refractivity contribution in [2.75, 3.05) is 6.54 Å². The van der Waals surface area contributed by atoms with Crippen LogP contribution in [0.4, 0.5) is 0 Å². The van der Waals surface area contributed by atoms with E-state index in [-0.39, 0.29) is 5.91 Å². The zero-order chi connectivity index (χ0) is 11.5. The molecule has 2 aromatic heterocycles. The molecule has 1 amide bonds. The Morgan fingerprint density at radius 3 is 1.81 bits per heavy atom. The lowest BCUT2D eigenvalue weighted by molar-refractivity contribution is -0.119. The summed E-state index contributed by atoms with van der Waals surface area (Å²) >= 11 is 0. The van der Waals surface area contributed by atoms with E-state index in [0.29, 0.717) is 0 Å². The van der Waals surface area contributed by atoms with Crippen LogP contribution in [0.5, 0.6) is 0 Å². The summed E-state index contributed by atoms with van der Waals surface area (Å²) < 4.78 is 0. The first-order valence-electron chi connectivity index (χ1n) is 4.77. The number of nitrogens with zero attached hydrogens (tertiary/aromatic N) is 4. The van der Waals surface area contributed by atoms with Crippen LogP contribution >= 0.6 is 0 Å². The summed E-state index contributed by atoms with van der Waals surface area (Å²) in [7, 11) is 0. The van der Waals surface area contributed by atoms with Gasteiger partial charge in [0.05, 0.1) is 12.4 Å². The summed E-state index contributed by atoms with van der Waals surface area (Å²) in [6, 6.07) is 0. The van der Waals surface area contributed by atoms with E-state index in [0.717, 1.165) is 19.4 Å². The molecule has 1 aliphatic rings. The molecule has 86 valence electrons. The highest BCUT2D eigenvalue weighted by Crippen LogP contribution is 1.93. The van der Waals surface area contributed by atoms with E-state index in [1.807, 2.05) is 0 Å². The van der Waals surface area contributed by atoms with Gasteiger partial charge in [0.1, 0.15) is 0 Å². The predicted octanol–water partition coefficient (Wildman–Crippen LogP) is -0.494. The summed E-state index contributed by atoms with van der Waals surface area (Å²) in [5.41, 5.74) is 0. The molecule has 0 saturated carbocycles. The van der Waals surface area contributed by atoms with Crippen LogP contribution in [0.2, 0.25) is 0 Å². The summed E-state index contributed by atoms with van der Waals surface area (Å²) in [6.45, 7) is 0.888. The normalized spacial score (nSPS) is 12.9. The second kappa shape index (κ2) is 8.09. The molecule has 2 aromatic rings. The smallest absolute Gasteiger partial charge is 0.220 e. The fraction of sp³-hybridized carbons (Fsp3) is 0.375. The predicted molar refractivity (Wildman–Crippen MR) is 55.0 cm³/mol. The van der Waals surface area contributed by atoms with Gasteiger partial charge >= 0.3 is 0 Å². The van der Waals surface area contributed by atoms with Crippen LogP contribution in [0, 0.1) is 0 Å². The van der Waals surface area contributed by atoms with Crippen LogP contribution < -0.4 is 5.32 Å². The minimum Gasteiger partial charge on any atom is -0.356 e. The Balaban J connectivity index is 0.000000121. The van der Waals surface area contributed by atoms with E-state index >= 15 is 0 Å². The summed E-state index contributed by atoms with van der Waals surface area (Å²) in [5, 5.41) is 21.2. The second-order valence-corrected chi connectivity index (χ2v) is 2.77. The number of carbonyl (C=O) groups excluding carboxylic acids is 1. The third-order valence-electron chi connectivity index (χ3n) is 1.57. The van der Waals surface area contributed by atoms with Gasteiger partial charge in [-0.15, -0.1) is 10.2 Å². The van der Waals surface area contributed by atoms with Crippen LogP contribution in [0.25, 0.3) is 0 Å². The number of aromatic nitrogens is 6. The van der Waals surface area contributed by atoms with Crippen molar-refractivity contribution in [3.63, 3.8) is 0 Å².